The highest BCUT2D eigenvalue weighted by atomic mass is 32.2. The van der Waals surface area contributed by atoms with Gasteiger partial charge in [-0.1, -0.05) is 23.6 Å². The molecule has 0 aliphatic heterocycles. The van der Waals surface area contributed by atoms with Gasteiger partial charge in [-0.25, -0.2) is 13.8 Å². The van der Waals surface area contributed by atoms with Crippen molar-refractivity contribution < 1.29 is 18.6 Å². The van der Waals surface area contributed by atoms with Gasteiger partial charge in [-0.05, 0) is 22.8 Å². The zero-order valence-corrected chi connectivity index (χ0v) is 21.8. The Hall–Kier alpha value is -2.31. The molecule has 0 atom stereocenters. The van der Waals surface area contributed by atoms with Gasteiger partial charge >= 0.3 is 0 Å². The van der Waals surface area contributed by atoms with Crippen LogP contribution >= 0.6 is 11.8 Å². The first-order chi connectivity index (χ1) is 18.5. The third kappa shape index (κ3) is 4.50. The van der Waals surface area contributed by atoms with Crippen molar-refractivity contribution >= 4 is 82.4 Å². The van der Waals surface area contributed by atoms with E-state index in [4.69, 9.17) is 80.5 Å². The monoisotopic (exact) mass is 531 g/mol. The molecule has 1 saturated carbocycles. The predicted octanol–water partition coefficient (Wildman–Crippen LogP) is 0.252. The quantitative estimate of drug-likeness (QED) is 0.367. The molecule has 2 aromatic heterocycles. The van der Waals surface area contributed by atoms with E-state index < -0.39 is 49.5 Å². The normalized spacial score (nSPS) is 19.4. The van der Waals surface area contributed by atoms with Gasteiger partial charge in [0.05, 0.1) is 100.0 Å². The number of imidazole rings is 1. The molecule has 1 fully saturated rings. The van der Waals surface area contributed by atoms with E-state index in [1.807, 2.05) is 0 Å². The van der Waals surface area contributed by atoms with Crippen LogP contribution in [-0.4, -0.2) is 102 Å². The summed E-state index contributed by atoms with van der Waals surface area (Å²) in [5, 5.41) is -0.0861. The molecular formula is C23H12B9F2N3O2S. The maximum absolute atomic E-state index is 14.6. The number of rotatable bonds is 6. The topological polar surface area (TPSA) is 60.2 Å². The third-order valence-electron chi connectivity index (χ3n) is 6.94. The maximum atomic E-state index is 14.6. The second kappa shape index (κ2) is 10.5. The molecule has 5 nitrogen and oxygen atoms in total. The van der Waals surface area contributed by atoms with Crippen LogP contribution in [0.15, 0.2) is 48.0 Å². The molecule has 178 valence electrons. The van der Waals surface area contributed by atoms with Gasteiger partial charge in [-0.3, -0.25) is 9.55 Å². The van der Waals surface area contributed by atoms with Gasteiger partial charge in [0.15, 0.2) is 16.7 Å². The zero-order chi connectivity index (χ0) is 29.7. The summed E-state index contributed by atoms with van der Waals surface area (Å²) >= 11 is 0.708. The average molecular weight is 530 g/mol. The molecule has 1 N–H and O–H groups in total. The average Bonchev–Trinajstić information content (AvgIpc) is 3.31. The van der Waals surface area contributed by atoms with Gasteiger partial charge in [0, 0.05) is 12.3 Å². The Bertz CT molecular complexity index is 1470. The van der Waals surface area contributed by atoms with Gasteiger partial charge in [0.25, 0.3) is 0 Å². The molecule has 0 unspecified atom stereocenters. The van der Waals surface area contributed by atoms with E-state index in [1.54, 1.807) is 12.1 Å². The van der Waals surface area contributed by atoms with Gasteiger partial charge < -0.3 is 9.84 Å². The summed E-state index contributed by atoms with van der Waals surface area (Å²) in [4.78, 5) is 8.48. The fraction of sp³-hybridized carbons (Fsp3) is 0.304. The summed E-state index contributed by atoms with van der Waals surface area (Å²) in [7, 11) is 56.5. The molecule has 4 rings (SSSR count). The standard InChI is InChI=1S/C23H12B9F2N3O2S/c24-19(25)20(26,27)22(30,31)23(32,21(19,28)29)40-18-36-10-14(37(18)13-4-1-5-35-9-13)11-39-17-8-15(33)12(3-2-6-38)7-16(17)34/h1,4-5,7-10,38H,6,11H2. The lowest BCUT2D eigenvalue weighted by Crippen LogP contribution is -2.49. The van der Waals surface area contributed by atoms with Crippen molar-refractivity contribution in [1.29, 1.82) is 0 Å². The van der Waals surface area contributed by atoms with Crippen LogP contribution in [0.4, 0.5) is 8.78 Å². The Morgan fingerprint density at radius 3 is 2.15 bits per heavy atom. The molecule has 17 heteroatoms. The molecule has 1 aromatic carbocycles. The minimum Gasteiger partial charge on any atom is -0.484 e. The summed E-state index contributed by atoms with van der Waals surface area (Å²) in [5.74, 6) is 2.45. The van der Waals surface area contributed by atoms with Gasteiger partial charge in [-0.15, -0.1) is 20.9 Å². The summed E-state index contributed by atoms with van der Waals surface area (Å²) in [6.45, 7) is -0.817. The Kier molecular flexibility index (Phi) is 8.05. The number of halogens is 2. The van der Waals surface area contributed by atoms with Gasteiger partial charge in [-0.2, -0.15) is 0 Å². The minimum absolute atomic E-state index is 0.115. The van der Waals surface area contributed by atoms with Crippen LogP contribution in [0.3, 0.4) is 0 Å². The van der Waals surface area contributed by atoms with E-state index in [2.05, 4.69) is 21.8 Å². The molecule has 40 heavy (non-hydrogen) atoms. The number of hydrogen-bond donors (Lipinski definition) is 1. The summed E-state index contributed by atoms with van der Waals surface area (Å²) < 4.78 is 34.0. The largest absolute Gasteiger partial charge is 0.484 e. The van der Waals surface area contributed by atoms with Gasteiger partial charge in [0.2, 0.25) is 0 Å². The van der Waals surface area contributed by atoms with Crippen LogP contribution in [0.2, 0.25) is 20.9 Å². The molecular weight excluding hydrogens is 518 g/mol. The molecule has 3 aromatic rings. The highest BCUT2D eigenvalue weighted by Crippen LogP contribution is 2.82. The minimum atomic E-state index is -2.25. The molecule has 0 saturated heterocycles. The van der Waals surface area contributed by atoms with Crippen LogP contribution < -0.4 is 4.74 Å². The lowest BCUT2D eigenvalue weighted by molar-refractivity contribution is 0.281. The number of ether oxygens (including phenoxy) is 1. The fourth-order valence-corrected chi connectivity index (χ4v) is 5.66. The van der Waals surface area contributed by atoms with E-state index in [9.17, 15) is 8.78 Å². The van der Waals surface area contributed by atoms with E-state index in [0.717, 1.165) is 12.1 Å². The molecule has 0 spiro atoms. The Labute approximate surface area is 247 Å². The molecule has 2 heterocycles. The van der Waals surface area contributed by atoms with E-state index in [1.165, 1.54) is 23.2 Å². The number of aliphatic hydroxyl groups is 1. The Morgan fingerprint density at radius 2 is 1.57 bits per heavy atom. The second-order valence-electron chi connectivity index (χ2n) is 9.40. The van der Waals surface area contributed by atoms with Crippen molar-refractivity contribution in [3.05, 3.63) is 65.7 Å². The van der Waals surface area contributed by atoms with Crippen molar-refractivity contribution in [2.75, 3.05) is 6.61 Å². The number of benzene rings is 1. The lowest BCUT2D eigenvalue weighted by Gasteiger charge is -2.52. The van der Waals surface area contributed by atoms with Crippen molar-refractivity contribution in [2.24, 2.45) is 0 Å². The molecule has 1 aliphatic rings. The van der Waals surface area contributed by atoms with Crippen molar-refractivity contribution in [1.82, 2.24) is 14.5 Å². The number of pyridine rings is 1. The fourth-order valence-electron chi connectivity index (χ4n) is 4.28. The van der Waals surface area contributed by atoms with Crippen molar-refractivity contribution in [2.45, 2.75) is 37.3 Å². The van der Waals surface area contributed by atoms with E-state index >= 15 is 0 Å². The van der Waals surface area contributed by atoms with E-state index in [0.29, 0.717) is 23.1 Å². The van der Waals surface area contributed by atoms with Crippen LogP contribution in [0.5, 0.6) is 5.75 Å². The van der Waals surface area contributed by atoms with E-state index in [-0.39, 0.29) is 17.3 Å². The first kappa shape index (κ1) is 30.6. The van der Waals surface area contributed by atoms with Crippen LogP contribution in [0.25, 0.3) is 5.69 Å². The SMILES string of the molecule is [B]C1([B])C([B])([B])C([B])([B])C([B])(Sc2ncc(COc3cc(F)c(C#CCO)cc3F)n2-c2cccnc2)C1([B])[B]. The van der Waals surface area contributed by atoms with Crippen LogP contribution in [0.1, 0.15) is 11.3 Å². The first-order valence-corrected chi connectivity index (χ1v) is 12.3. The number of thioether (sulfide) groups is 1. The first-order valence-electron chi connectivity index (χ1n) is 11.5. The molecule has 0 bridgehead atoms. The van der Waals surface area contributed by atoms with Crippen LogP contribution in [0, 0.1) is 23.5 Å². The smallest absolute Gasteiger partial charge is 0.172 e. The molecule has 18 radical (unpaired) electrons. The lowest BCUT2D eigenvalue weighted by atomic mass is 9.17. The number of hydrogen-bond acceptors (Lipinski definition) is 5. The Balaban J connectivity index is 1.75. The zero-order valence-electron chi connectivity index (χ0n) is 21.0. The van der Waals surface area contributed by atoms with Crippen LogP contribution in [-0.2, 0) is 6.61 Å². The highest BCUT2D eigenvalue weighted by Gasteiger charge is 2.69. The molecule has 1 aliphatic carbocycles. The Morgan fingerprint density at radius 1 is 0.925 bits per heavy atom. The number of nitrogens with zero attached hydrogens (tertiary/aromatic N) is 3. The third-order valence-corrected chi connectivity index (χ3v) is 8.41. The van der Waals surface area contributed by atoms with Crippen molar-refractivity contribution in [3.8, 4) is 23.3 Å². The summed E-state index contributed by atoms with van der Waals surface area (Å²) in [6.07, 6.45) is 4.40. The van der Waals surface area contributed by atoms with Gasteiger partial charge in [0.1, 0.15) is 19.0 Å². The highest BCUT2D eigenvalue weighted by molar-refractivity contribution is 8.02. The predicted molar refractivity (Wildman–Crippen MR) is 157 cm³/mol. The second-order valence-corrected chi connectivity index (χ2v) is 10.6. The number of aliphatic hydroxyl groups excluding tert-OH is 1. The summed E-state index contributed by atoms with van der Waals surface area (Å²) in [6, 6.07) is 5.01. The summed E-state index contributed by atoms with van der Waals surface area (Å²) in [5.41, 5.74) is 0.550. The number of aromatic nitrogens is 3. The molecule has 0 amide bonds. The van der Waals surface area contributed by atoms with Crippen molar-refractivity contribution in [3.63, 3.8) is 0 Å². The maximum Gasteiger partial charge on any atom is 0.172 e.